The minimum absolute atomic E-state index is 0.0539. The minimum atomic E-state index is -3.57. The van der Waals surface area contributed by atoms with Gasteiger partial charge in [0, 0.05) is 31.6 Å². The van der Waals surface area contributed by atoms with Gasteiger partial charge in [-0.15, -0.1) is 0 Å². The molecule has 1 aliphatic carbocycles. The molecule has 0 aliphatic heterocycles. The topological polar surface area (TPSA) is 87.6 Å². The van der Waals surface area contributed by atoms with Gasteiger partial charge in [0.1, 0.15) is 4.90 Å². The van der Waals surface area contributed by atoms with E-state index in [4.69, 9.17) is 5.11 Å². The molecule has 0 unspecified atom stereocenters. The van der Waals surface area contributed by atoms with Crippen LogP contribution in [0.2, 0.25) is 0 Å². The number of aliphatic carboxylic acids is 1. The van der Waals surface area contributed by atoms with Gasteiger partial charge in [-0.25, -0.2) is 13.2 Å². The zero-order valence-electron chi connectivity index (χ0n) is 11.1. The van der Waals surface area contributed by atoms with E-state index in [1.54, 1.807) is 7.05 Å². The van der Waals surface area contributed by atoms with Crippen molar-refractivity contribution in [3.8, 4) is 0 Å². The highest BCUT2D eigenvalue weighted by atomic mass is 32.2. The molecule has 0 atom stereocenters. The number of sulfonamides is 1. The summed E-state index contributed by atoms with van der Waals surface area (Å²) >= 11 is 0. The van der Waals surface area contributed by atoms with Gasteiger partial charge < -0.3 is 5.11 Å². The van der Waals surface area contributed by atoms with Crippen LogP contribution in [-0.4, -0.2) is 41.9 Å². The summed E-state index contributed by atoms with van der Waals surface area (Å²) in [6.45, 7) is 0. The number of pyridine rings is 1. The molecule has 1 fully saturated rings. The van der Waals surface area contributed by atoms with E-state index in [9.17, 15) is 13.2 Å². The van der Waals surface area contributed by atoms with Gasteiger partial charge in [-0.3, -0.25) is 4.98 Å². The van der Waals surface area contributed by atoms with Gasteiger partial charge in [-0.05, 0) is 30.5 Å². The third kappa shape index (κ3) is 3.05. The van der Waals surface area contributed by atoms with Crippen molar-refractivity contribution in [3.05, 3.63) is 30.1 Å². The summed E-state index contributed by atoms with van der Waals surface area (Å²) in [4.78, 5) is 14.4. The maximum Gasteiger partial charge on any atom is 0.328 e. The van der Waals surface area contributed by atoms with Gasteiger partial charge in [-0.2, -0.15) is 4.31 Å². The Morgan fingerprint density at radius 2 is 2.15 bits per heavy atom. The van der Waals surface area contributed by atoms with Crippen LogP contribution in [0.15, 0.2) is 29.4 Å². The Morgan fingerprint density at radius 3 is 2.70 bits per heavy atom. The summed E-state index contributed by atoms with van der Waals surface area (Å²) in [5, 5.41) is 8.57. The summed E-state index contributed by atoms with van der Waals surface area (Å²) in [5.74, 6) is -1.09. The highest BCUT2D eigenvalue weighted by Gasteiger charge is 2.31. The highest BCUT2D eigenvalue weighted by Crippen LogP contribution is 2.28. The van der Waals surface area contributed by atoms with Crippen LogP contribution in [0, 0.1) is 0 Å². The Hall–Kier alpha value is -1.73. The second-order valence-electron chi connectivity index (χ2n) is 4.73. The predicted molar refractivity (Wildman–Crippen MR) is 73.5 cm³/mol. The molecule has 7 heteroatoms. The lowest BCUT2D eigenvalue weighted by Gasteiger charge is -2.33. The number of carboxylic acids is 1. The molecular weight excluding hydrogens is 280 g/mol. The van der Waals surface area contributed by atoms with E-state index in [1.807, 2.05) is 0 Å². The molecule has 0 radical (unpaired) electrons. The van der Waals surface area contributed by atoms with Crippen molar-refractivity contribution in [1.82, 2.24) is 9.29 Å². The van der Waals surface area contributed by atoms with E-state index in [0.29, 0.717) is 5.56 Å². The van der Waals surface area contributed by atoms with Gasteiger partial charge in [0.15, 0.2) is 0 Å². The predicted octanol–water partition coefficient (Wildman–Crippen LogP) is 1.35. The monoisotopic (exact) mass is 296 g/mol. The third-order valence-electron chi connectivity index (χ3n) is 3.42. The molecule has 1 N–H and O–H groups in total. The Bertz CT molecular complexity index is 636. The number of hydrogen-bond donors (Lipinski definition) is 1. The van der Waals surface area contributed by atoms with Crippen LogP contribution in [0.1, 0.15) is 24.8 Å². The smallest absolute Gasteiger partial charge is 0.328 e. The summed E-state index contributed by atoms with van der Waals surface area (Å²) in [5.41, 5.74) is 0.440. The van der Waals surface area contributed by atoms with E-state index in [1.165, 1.54) is 28.8 Å². The molecule has 6 nitrogen and oxygen atoms in total. The molecule has 0 spiro atoms. The number of carbonyl (C=O) groups is 1. The first-order valence-electron chi connectivity index (χ1n) is 6.25. The Kier molecular flexibility index (Phi) is 4.20. The van der Waals surface area contributed by atoms with Crippen molar-refractivity contribution in [2.75, 3.05) is 7.05 Å². The van der Waals surface area contributed by atoms with Crippen molar-refractivity contribution < 1.29 is 18.3 Å². The normalized spacial score (nSPS) is 16.5. The van der Waals surface area contributed by atoms with Crippen LogP contribution in [0.5, 0.6) is 0 Å². The van der Waals surface area contributed by atoms with Crippen LogP contribution < -0.4 is 0 Å². The van der Waals surface area contributed by atoms with E-state index in [0.717, 1.165) is 25.3 Å². The lowest BCUT2D eigenvalue weighted by atomic mass is 9.94. The van der Waals surface area contributed by atoms with Crippen LogP contribution >= 0.6 is 0 Å². The van der Waals surface area contributed by atoms with Crippen LogP contribution in [0.3, 0.4) is 0 Å². The molecule has 0 bridgehead atoms. The van der Waals surface area contributed by atoms with Crippen molar-refractivity contribution in [3.63, 3.8) is 0 Å². The molecule has 1 saturated carbocycles. The highest BCUT2D eigenvalue weighted by molar-refractivity contribution is 7.89. The Balaban J connectivity index is 2.27. The lowest BCUT2D eigenvalue weighted by molar-refractivity contribution is -0.131. The molecule has 1 aromatic rings. The summed E-state index contributed by atoms with van der Waals surface area (Å²) in [6, 6.07) is 1.48. The standard InChI is InChI=1S/C13H16N2O4S/c1-15(11-3-2-4-11)20(18,19)12-7-10(8-14-9-12)5-6-13(16)17/h5-9,11H,2-4H2,1H3,(H,16,17)/b6-5+. The molecule has 108 valence electrons. The zero-order chi connectivity index (χ0) is 14.8. The largest absolute Gasteiger partial charge is 0.478 e. The summed E-state index contributed by atoms with van der Waals surface area (Å²) in [6.07, 6.45) is 7.76. The van der Waals surface area contributed by atoms with Gasteiger partial charge in [0.05, 0.1) is 0 Å². The van der Waals surface area contributed by atoms with Gasteiger partial charge >= 0.3 is 5.97 Å². The number of hydrogen-bond acceptors (Lipinski definition) is 4. The fourth-order valence-electron chi connectivity index (χ4n) is 1.95. The number of aromatic nitrogens is 1. The first-order chi connectivity index (χ1) is 9.41. The summed E-state index contributed by atoms with van der Waals surface area (Å²) < 4.78 is 26.2. The fraction of sp³-hybridized carbons (Fsp3) is 0.385. The Labute approximate surface area is 117 Å². The van der Waals surface area contributed by atoms with E-state index >= 15 is 0 Å². The van der Waals surface area contributed by atoms with Crippen molar-refractivity contribution in [1.29, 1.82) is 0 Å². The SMILES string of the molecule is CN(C1CCC1)S(=O)(=O)c1cncc(/C=C/C(=O)O)c1. The van der Waals surface area contributed by atoms with Crippen molar-refractivity contribution in [2.24, 2.45) is 0 Å². The molecular formula is C13H16N2O4S. The number of nitrogens with zero attached hydrogens (tertiary/aromatic N) is 2. The molecule has 0 amide bonds. The minimum Gasteiger partial charge on any atom is -0.478 e. The van der Waals surface area contributed by atoms with Gasteiger partial charge in [-0.1, -0.05) is 6.42 Å². The first kappa shape index (κ1) is 14.7. The first-order valence-corrected chi connectivity index (χ1v) is 7.69. The zero-order valence-corrected chi connectivity index (χ0v) is 11.9. The van der Waals surface area contributed by atoms with Crippen molar-refractivity contribution >= 4 is 22.1 Å². The molecule has 0 saturated heterocycles. The molecule has 0 aromatic carbocycles. The average molecular weight is 296 g/mol. The average Bonchev–Trinajstić information content (AvgIpc) is 2.34. The molecule has 1 aromatic heterocycles. The maximum atomic E-state index is 12.4. The van der Waals surface area contributed by atoms with Crippen molar-refractivity contribution in [2.45, 2.75) is 30.2 Å². The van der Waals surface area contributed by atoms with Gasteiger partial charge in [0.2, 0.25) is 10.0 Å². The van der Waals surface area contributed by atoms with E-state index in [-0.39, 0.29) is 10.9 Å². The maximum absolute atomic E-state index is 12.4. The quantitative estimate of drug-likeness (QED) is 0.829. The third-order valence-corrected chi connectivity index (χ3v) is 5.29. The fourth-order valence-corrected chi connectivity index (χ4v) is 3.36. The molecule has 1 aliphatic rings. The molecule has 1 heterocycles. The van der Waals surface area contributed by atoms with Crippen LogP contribution in [0.25, 0.3) is 6.08 Å². The van der Waals surface area contributed by atoms with Crippen LogP contribution in [-0.2, 0) is 14.8 Å². The molecule has 2 rings (SSSR count). The number of carboxylic acid groups (broad SMARTS) is 1. The Morgan fingerprint density at radius 1 is 1.45 bits per heavy atom. The van der Waals surface area contributed by atoms with E-state index in [2.05, 4.69) is 4.98 Å². The lowest BCUT2D eigenvalue weighted by Crippen LogP contribution is -2.41. The summed E-state index contributed by atoms with van der Waals surface area (Å²) in [7, 11) is -2.00. The molecule has 20 heavy (non-hydrogen) atoms. The number of rotatable bonds is 5. The second kappa shape index (κ2) is 5.72. The van der Waals surface area contributed by atoms with Crippen LogP contribution in [0.4, 0.5) is 0 Å². The second-order valence-corrected chi connectivity index (χ2v) is 6.73. The van der Waals surface area contributed by atoms with E-state index < -0.39 is 16.0 Å². The van der Waals surface area contributed by atoms with Gasteiger partial charge in [0.25, 0.3) is 0 Å².